The largest absolute Gasteiger partial charge is 0.394 e. The van der Waals surface area contributed by atoms with Crippen molar-refractivity contribution in [2.24, 2.45) is 5.73 Å². The van der Waals surface area contributed by atoms with Crippen LogP contribution in [0.25, 0.3) is 0 Å². The molecule has 1 heterocycles. The van der Waals surface area contributed by atoms with Gasteiger partial charge in [-0.25, -0.2) is 0 Å². The molecule has 0 radical (unpaired) electrons. The zero-order chi connectivity index (χ0) is 13.7. The van der Waals surface area contributed by atoms with Crippen LogP contribution in [0.3, 0.4) is 0 Å². The molecule has 0 aliphatic carbocycles. The van der Waals surface area contributed by atoms with Gasteiger partial charge in [0.1, 0.15) is 18.3 Å². The van der Waals surface area contributed by atoms with Gasteiger partial charge in [-0.3, -0.25) is 0 Å². The number of nitrogens with two attached hydrogens (primary N) is 1. The van der Waals surface area contributed by atoms with Crippen LogP contribution in [0.4, 0.5) is 0 Å². The molecule has 1 fully saturated rings. The molecular weight excluding hydrogens is 242 g/mol. The van der Waals surface area contributed by atoms with E-state index in [1.54, 1.807) is 7.11 Å². The highest BCUT2D eigenvalue weighted by Crippen LogP contribution is 2.21. The molecule has 0 amide bonds. The highest BCUT2D eigenvalue weighted by atomic mass is 16.7. The van der Waals surface area contributed by atoms with E-state index < -0.39 is 37.3 Å². The topological polar surface area (TPSA) is 114 Å². The van der Waals surface area contributed by atoms with Gasteiger partial charge >= 0.3 is 0 Å². The number of aliphatic hydroxyl groups excluding tert-OH is 3. The van der Waals surface area contributed by atoms with Gasteiger partial charge in [0.25, 0.3) is 0 Å². The fraction of sp³-hybridized carbons (Fsp3) is 1.00. The fourth-order valence-corrected chi connectivity index (χ4v) is 1.81. The maximum atomic E-state index is 9.72. The van der Waals surface area contributed by atoms with Crippen molar-refractivity contribution in [3.8, 4) is 0 Å². The Kier molecular flexibility index (Phi) is 6.44. The van der Waals surface area contributed by atoms with Crippen molar-refractivity contribution in [3.05, 3.63) is 0 Å². The highest BCUT2D eigenvalue weighted by Gasteiger charge is 2.43. The van der Waals surface area contributed by atoms with Gasteiger partial charge in [0.2, 0.25) is 0 Å². The van der Waals surface area contributed by atoms with Gasteiger partial charge < -0.3 is 35.3 Å². The summed E-state index contributed by atoms with van der Waals surface area (Å²) in [4.78, 5) is 0. The van der Waals surface area contributed by atoms with Crippen LogP contribution in [-0.4, -0.2) is 72.4 Å². The molecule has 1 aliphatic heterocycles. The van der Waals surface area contributed by atoms with Gasteiger partial charge in [-0.1, -0.05) is 6.92 Å². The lowest BCUT2D eigenvalue weighted by atomic mass is 9.98. The van der Waals surface area contributed by atoms with Crippen molar-refractivity contribution < 1.29 is 29.5 Å². The number of rotatable bonds is 6. The Morgan fingerprint density at radius 2 is 2.00 bits per heavy atom. The molecule has 5 N–H and O–H groups in total. The van der Waals surface area contributed by atoms with Crippen molar-refractivity contribution in [2.75, 3.05) is 20.3 Å². The van der Waals surface area contributed by atoms with E-state index in [0.717, 1.165) is 6.42 Å². The number of methoxy groups -OCH3 is 1. The van der Waals surface area contributed by atoms with Crippen LogP contribution in [0.15, 0.2) is 0 Å². The third-order valence-electron chi connectivity index (χ3n) is 3.16. The summed E-state index contributed by atoms with van der Waals surface area (Å²) < 4.78 is 15.9. The van der Waals surface area contributed by atoms with E-state index in [9.17, 15) is 10.2 Å². The van der Waals surface area contributed by atoms with Crippen molar-refractivity contribution in [1.82, 2.24) is 0 Å². The minimum Gasteiger partial charge on any atom is -0.394 e. The van der Waals surface area contributed by atoms with E-state index >= 15 is 0 Å². The molecule has 3 unspecified atom stereocenters. The van der Waals surface area contributed by atoms with Gasteiger partial charge in [0, 0.05) is 7.11 Å². The normalized spacial score (nSPS) is 38.7. The second-order valence-corrected chi connectivity index (χ2v) is 4.38. The molecule has 0 aromatic carbocycles. The van der Waals surface area contributed by atoms with Crippen LogP contribution in [0, 0.1) is 0 Å². The average Bonchev–Trinajstić information content (AvgIpc) is 2.39. The maximum absolute atomic E-state index is 9.72. The molecule has 1 saturated heterocycles. The molecule has 0 saturated carbocycles. The first-order chi connectivity index (χ1) is 8.54. The Bertz CT molecular complexity index is 236. The highest BCUT2D eigenvalue weighted by molar-refractivity contribution is 4.91. The molecule has 1 aliphatic rings. The molecule has 0 bridgehead atoms. The Morgan fingerprint density at radius 1 is 1.33 bits per heavy atom. The Labute approximate surface area is 106 Å². The van der Waals surface area contributed by atoms with Gasteiger partial charge in [-0.2, -0.15) is 0 Å². The van der Waals surface area contributed by atoms with Crippen LogP contribution in [0.5, 0.6) is 0 Å². The van der Waals surface area contributed by atoms with Crippen molar-refractivity contribution >= 4 is 0 Å². The monoisotopic (exact) mass is 265 g/mol. The second kappa shape index (κ2) is 7.34. The van der Waals surface area contributed by atoms with E-state index in [2.05, 4.69) is 0 Å². The summed E-state index contributed by atoms with van der Waals surface area (Å²) >= 11 is 0. The number of hydrogen-bond donors (Lipinski definition) is 4. The molecule has 0 aromatic heterocycles. The first kappa shape index (κ1) is 15.8. The van der Waals surface area contributed by atoms with Gasteiger partial charge in [-0.05, 0) is 6.42 Å². The van der Waals surface area contributed by atoms with Crippen LogP contribution in [0.1, 0.15) is 13.3 Å². The van der Waals surface area contributed by atoms with E-state index in [1.807, 2.05) is 6.92 Å². The molecule has 18 heavy (non-hydrogen) atoms. The molecule has 7 heteroatoms. The lowest BCUT2D eigenvalue weighted by Gasteiger charge is -2.40. The summed E-state index contributed by atoms with van der Waals surface area (Å²) in [6.07, 6.45) is -3.49. The smallest absolute Gasteiger partial charge is 0.175 e. The van der Waals surface area contributed by atoms with E-state index in [0.29, 0.717) is 0 Å². The van der Waals surface area contributed by atoms with Crippen molar-refractivity contribution in [2.45, 2.75) is 50.1 Å². The molecule has 0 aromatic rings. The van der Waals surface area contributed by atoms with Crippen LogP contribution in [0.2, 0.25) is 0 Å². The molecular formula is C11H23NO6. The average molecular weight is 265 g/mol. The lowest BCUT2D eigenvalue weighted by molar-refractivity contribution is -0.270. The van der Waals surface area contributed by atoms with Crippen molar-refractivity contribution in [3.63, 3.8) is 0 Å². The Balaban J connectivity index is 2.53. The summed E-state index contributed by atoms with van der Waals surface area (Å²) in [6, 6.07) is -0.864. The van der Waals surface area contributed by atoms with Gasteiger partial charge in [0.15, 0.2) is 6.29 Å². The summed E-state index contributed by atoms with van der Waals surface area (Å²) in [5, 5.41) is 28.4. The summed E-state index contributed by atoms with van der Waals surface area (Å²) in [6.45, 7) is 1.81. The van der Waals surface area contributed by atoms with E-state index in [-0.39, 0.29) is 12.7 Å². The molecule has 6 atom stereocenters. The van der Waals surface area contributed by atoms with Crippen LogP contribution >= 0.6 is 0 Å². The number of ether oxygens (including phenoxy) is 3. The van der Waals surface area contributed by atoms with Crippen LogP contribution < -0.4 is 5.73 Å². The summed E-state index contributed by atoms with van der Waals surface area (Å²) in [7, 11) is 1.58. The SMILES string of the molecule is CCC(CO[C@H]1OC(CO)[C@H](O)[C@H](O)C1N)OC. The zero-order valence-electron chi connectivity index (χ0n) is 10.7. The first-order valence-electron chi connectivity index (χ1n) is 6.07. The number of hydrogen-bond acceptors (Lipinski definition) is 7. The summed E-state index contributed by atoms with van der Waals surface area (Å²) in [5.74, 6) is 0. The molecule has 1 rings (SSSR count). The van der Waals surface area contributed by atoms with Crippen molar-refractivity contribution in [1.29, 1.82) is 0 Å². The predicted octanol–water partition coefficient (Wildman–Crippen LogP) is -1.81. The minimum atomic E-state index is -1.21. The standard InChI is InChI=1S/C11H23NO6/c1-3-6(16-2)5-17-11-8(12)10(15)9(14)7(4-13)18-11/h6-11,13-15H,3-5,12H2,1-2H3/t6?,7?,8?,9-,10+,11-/m0/s1. The fourth-order valence-electron chi connectivity index (χ4n) is 1.81. The van der Waals surface area contributed by atoms with Gasteiger partial charge in [-0.15, -0.1) is 0 Å². The molecule has 0 spiro atoms. The quantitative estimate of drug-likeness (QED) is 0.447. The lowest BCUT2D eigenvalue weighted by Crippen LogP contribution is -2.62. The third kappa shape index (κ3) is 3.61. The maximum Gasteiger partial charge on any atom is 0.175 e. The Morgan fingerprint density at radius 3 is 2.50 bits per heavy atom. The third-order valence-corrected chi connectivity index (χ3v) is 3.16. The minimum absolute atomic E-state index is 0.0858. The van der Waals surface area contributed by atoms with Gasteiger partial charge in [0.05, 0.1) is 25.4 Å². The Hall–Kier alpha value is -0.280. The van der Waals surface area contributed by atoms with E-state index in [4.69, 9.17) is 25.1 Å². The number of aliphatic hydroxyl groups is 3. The zero-order valence-corrected chi connectivity index (χ0v) is 10.7. The van der Waals surface area contributed by atoms with Crippen LogP contribution in [-0.2, 0) is 14.2 Å². The predicted molar refractivity (Wildman–Crippen MR) is 62.8 cm³/mol. The summed E-state index contributed by atoms with van der Waals surface area (Å²) in [5.41, 5.74) is 5.72. The first-order valence-corrected chi connectivity index (χ1v) is 6.07. The van der Waals surface area contributed by atoms with E-state index in [1.165, 1.54) is 0 Å². The molecule has 108 valence electrons. The molecule has 7 nitrogen and oxygen atoms in total. The second-order valence-electron chi connectivity index (χ2n) is 4.38.